The van der Waals surface area contributed by atoms with E-state index in [1.54, 1.807) is 17.0 Å². The molecule has 4 amide bonds. The van der Waals surface area contributed by atoms with Crippen LogP contribution in [0.1, 0.15) is 30.2 Å². The lowest BCUT2D eigenvalue weighted by molar-refractivity contribution is -0.135. The zero-order valence-electron chi connectivity index (χ0n) is 15.6. The molecule has 0 aromatic carbocycles. The van der Waals surface area contributed by atoms with Crippen LogP contribution < -0.4 is 16.4 Å². The first kappa shape index (κ1) is 21.1. The summed E-state index contributed by atoms with van der Waals surface area (Å²) in [6.07, 6.45) is 2.74. The van der Waals surface area contributed by atoms with Crippen LogP contribution in [0.5, 0.6) is 0 Å². The van der Waals surface area contributed by atoms with Crippen LogP contribution in [-0.2, 0) is 9.59 Å². The highest BCUT2D eigenvalue weighted by molar-refractivity contribution is 7.10. The van der Waals surface area contributed by atoms with Crippen LogP contribution in [0.3, 0.4) is 0 Å². The van der Waals surface area contributed by atoms with E-state index in [1.165, 1.54) is 17.5 Å². The summed E-state index contributed by atoms with van der Waals surface area (Å²) in [5.41, 5.74) is 5.25. The van der Waals surface area contributed by atoms with Crippen molar-refractivity contribution in [1.29, 1.82) is 0 Å². The molecule has 2 aromatic rings. The lowest BCUT2D eigenvalue weighted by Gasteiger charge is -2.32. The SMILES string of the molecule is NC(=O)NC(CC(=O)N1CCC(C(=O)Nc2ccc(Cl)cn2)CC1)c1cccs1. The molecular weight excluding hydrogens is 414 g/mol. The predicted octanol–water partition coefficient (Wildman–Crippen LogP) is 2.77. The summed E-state index contributed by atoms with van der Waals surface area (Å²) in [7, 11) is 0. The fraction of sp³-hybridized carbons (Fsp3) is 0.368. The summed E-state index contributed by atoms with van der Waals surface area (Å²) < 4.78 is 0. The van der Waals surface area contributed by atoms with Crippen LogP contribution in [0.2, 0.25) is 5.02 Å². The molecule has 3 rings (SSSR count). The summed E-state index contributed by atoms with van der Waals surface area (Å²) in [5.74, 6) is 0.0803. The van der Waals surface area contributed by atoms with Gasteiger partial charge in [0, 0.05) is 30.1 Å². The molecule has 1 aliphatic heterocycles. The van der Waals surface area contributed by atoms with E-state index in [4.69, 9.17) is 17.3 Å². The standard InChI is InChI=1S/C19H22ClN5O3S/c20-13-3-4-16(22-11-13)24-18(27)12-5-7-25(8-6-12)17(26)10-14(23-19(21)28)15-2-1-9-29-15/h1-4,9,11-12,14H,5-8,10H2,(H3,21,23,28)(H,22,24,27). The molecule has 0 bridgehead atoms. The lowest BCUT2D eigenvalue weighted by atomic mass is 9.95. The number of pyridine rings is 1. The van der Waals surface area contributed by atoms with Crippen molar-refractivity contribution in [3.63, 3.8) is 0 Å². The van der Waals surface area contributed by atoms with Gasteiger partial charge < -0.3 is 21.3 Å². The number of thiophene rings is 1. The number of amides is 4. The van der Waals surface area contributed by atoms with Crippen molar-refractivity contribution in [2.24, 2.45) is 11.7 Å². The molecule has 0 aliphatic carbocycles. The molecule has 2 aromatic heterocycles. The first-order valence-corrected chi connectivity index (χ1v) is 10.5. The fourth-order valence-corrected chi connectivity index (χ4v) is 4.15. The summed E-state index contributed by atoms with van der Waals surface area (Å²) in [6.45, 7) is 0.970. The smallest absolute Gasteiger partial charge is 0.312 e. The van der Waals surface area contributed by atoms with E-state index in [1.807, 2.05) is 17.5 Å². The van der Waals surface area contributed by atoms with Gasteiger partial charge in [0.2, 0.25) is 11.8 Å². The number of aromatic nitrogens is 1. The molecule has 29 heavy (non-hydrogen) atoms. The second-order valence-corrected chi connectivity index (χ2v) is 8.20. The van der Waals surface area contributed by atoms with E-state index in [-0.39, 0.29) is 24.2 Å². The van der Waals surface area contributed by atoms with Gasteiger partial charge in [0.1, 0.15) is 5.82 Å². The molecule has 1 saturated heterocycles. The van der Waals surface area contributed by atoms with Gasteiger partial charge in [-0.3, -0.25) is 9.59 Å². The summed E-state index contributed by atoms with van der Waals surface area (Å²) in [4.78, 5) is 43.1. The highest BCUT2D eigenvalue weighted by Gasteiger charge is 2.29. The fourth-order valence-electron chi connectivity index (χ4n) is 3.26. The summed E-state index contributed by atoms with van der Waals surface area (Å²) >= 11 is 7.26. The Morgan fingerprint density at radius 3 is 2.62 bits per heavy atom. The van der Waals surface area contributed by atoms with E-state index in [9.17, 15) is 14.4 Å². The number of carbonyl (C=O) groups excluding carboxylic acids is 3. The topological polar surface area (TPSA) is 117 Å². The third kappa shape index (κ3) is 5.91. The van der Waals surface area contributed by atoms with Crippen molar-refractivity contribution in [2.45, 2.75) is 25.3 Å². The van der Waals surface area contributed by atoms with Crippen molar-refractivity contribution >= 4 is 46.6 Å². The molecule has 1 unspecified atom stereocenters. The number of rotatable bonds is 6. The van der Waals surface area contributed by atoms with Crippen LogP contribution in [0.15, 0.2) is 35.8 Å². The predicted molar refractivity (Wildman–Crippen MR) is 112 cm³/mol. The van der Waals surface area contributed by atoms with E-state index in [0.29, 0.717) is 36.8 Å². The van der Waals surface area contributed by atoms with E-state index < -0.39 is 12.1 Å². The molecule has 0 radical (unpaired) electrons. The van der Waals surface area contributed by atoms with Crippen molar-refractivity contribution < 1.29 is 14.4 Å². The molecule has 8 nitrogen and oxygen atoms in total. The van der Waals surface area contributed by atoms with Crippen molar-refractivity contribution in [1.82, 2.24) is 15.2 Å². The third-order valence-corrected chi connectivity index (χ3v) is 5.99. The van der Waals surface area contributed by atoms with Gasteiger partial charge >= 0.3 is 6.03 Å². The largest absolute Gasteiger partial charge is 0.352 e. The van der Waals surface area contributed by atoms with Gasteiger partial charge in [-0.25, -0.2) is 9.78 Å². The number of nitrogens with zero attached hydrogens (tertiary/aromatic N) is 2. The summed E-state index contributed by atoms with van der Waals surface area (Å²) in [5, 5.41) is 7.80. The van der Waals surface area contributed by atoms with Crippen LogP contribution in [0.25, 0.3) is 0 Å². The zero-order chi connectivity index (χ0) is 20.8. The monoisotopic (exact) mass is 435 g/mol. The number of nitrogens with one attached hydrogen (secondary N) is 2. The molecule has 154 valence electrons. The Kier molecular flexibility index (Phi) is 7.05. The van der Waals surface area contributed by atoms with Gasteiger partial charge in [-0.15, -0.1) is 11.3 Å². The molecule has 1 atom stereocenters. The highest BCUT2D eigenvalue weighted by atomic mass is 35.5. The van der Waals surface area contributed by atoms with Gasteiger partial charge in [-0.05, 0) is 36.4 Å². The third-order valence-electron chi connectivity index (χ3n) is 4.78. The number of nitrogens with two attached hydrogens (primary N) is 1. The Labute approximate surface area is 177 Å². The minimum atomic E-state index is -0.664. The van der Waals surface area contributed by atoms with Gasteiger partial charge in [-0.2, -0.15) is 0 Å². The number of urea groups is 1. The molecule has 0 spiro atoms. The van der Waals surface area contributed by atoms with Gasteiger partial charge in [0.05, 0.1) is 17.5 Å². The number of hydrogen-bond acceptors (Lipinski definition) is 5. The minimum absolute atomic E-state index is 0.0737. The number of likely N-dealkylation sites (tertiary alicyclic amines) is 1. The molecule has 10 heteroatoms. The Morgan fingerprint density at radius 1 is 1.28 bits per heavy atom. The van der Waals surface area contributed by atoms with Crippen molar-refractivity contribution in [3.8, 4) is 0 Å². The number of piperidine rings is 1. The first-order valence-electron chi connectivity index (χ1n) is 9.22. The Bertz CT molecular complexity index is 851. The lowest BCUT2D eigenvalue weighted by Crippen LogP contribution is -2.43. The normalized spacial score (nSPS) is 15.6. The number of anilines is 1. The maximum Gasteiger partial charge on any atom is 0.312 e. The molecule has 1 fully saturated rings. The molecule has 4 N–H and O–H groups in total. The van der Waals surface area contributed by atoms with Gasteiger partial charge in [-0.1, -0.05) is 17.7 Å². The van der Waals surface area contributed by atoms with Crippen LogP contribution >= 0.6 is 22.9 Å². The second kappa shape index (κ2) is 9.71. The van der Waals surface area contributed by atoms with Gasteiger partial charge in [0.25, 0.3) is 0 Å². The molecule has 0 saturated carbocycles. The summed E-state index contributed by atoms with van der Waals surface area (Å²) in [6, 6.07) is 5.92. The average molecular weight is 436 g/mol. The van der Waals surface area contributed by atoms with Crippen molar-refractivity contribution in [3.05, 3.63) is 45.7 Å². The number of halogens is 1. The quantitative estimate of drug-likeness (QED) is 0.646. The van der Waals surface area contributed by atoms with E-state index in [2.05, 4.69) is 15.6 Å². The maximum absolute atomic E-state index is 12.7. The number of hydrogen-bond donors (Lipinski definition) is 3. The van der Waals surface area contributed by atoms with Crippen LogP contribution in [-0.4, -0.2) is 40.8 Å². The Hall–Kier alpha value is -2.65. The molecular formula is C19H22ClN5O3S. The van der Waals surface area contributed by atoms with Crippen LogP contribution in [0.4, 0.5) is 10.6 Å². The van der Waals surface area contributed by atoms with Gasteiger partial charge in [0.15, 0.2) is 0 Å². The Balaban J connectivity index is 1.51. The van der Waals surface area contributed by atoms with Crippen LogP contribution in [0, 0.1) is 5.92 Å². The Morgan fingerprint density at radius 2 is 2.03 bits per heavy atom. The second-order valence-electron chi connectivity index (χ2n) is 6.79. The highest BCUT2D eigenvalue weighted by Crippen LogP contribution is 2.25. The zero-order valence-corrected chi connectivity index (χ0v) is 17.2. The first-order chi connectivity index (χ1) is 13.9. The molecule has 3 heterocycles. The maximum atomic E-state index is 12.7. The molecule has 1 aliphatic rings. The number of primary amides is 1. The average Bonchev–Trinajstić information content (AvgIpc) is 3.24. The van der Waals surface area contributed by atoms with E-state index >= 15 is 0 Å². The number of carbonyl (C=O) groups is 3. The minimum Gasteiger partial charge on any atom is -0.352 e. The van der Waals surface area contributed by atoms with E-state index in [0.717, 1.165) is 4.88 Å². The van der Waals surface area contributed by atoms with Crippen molar-refractivity contribution in [2.75, 3.05) is 18.4 Å².